The van der Waals surface area contributed by atoms with Crippen molar-refractivity contribution in [2.45, 2.75) is 38.8 Å². The molecule has 31 heavy (non-hydrogen) atoms. The lowest BCUT2D eigenvalue weighted by molar-refractivity contribution is -0.113. The summed E-state index contributed by atoms with van der Waals surface area (Å²) >= 11 is 1.32. The smallest absolute Gasteiger partial charge is 0.253 e. The maximum Gasteiger partial charge on any atom is 0.253 e. The minimum atomic E-state index is -0.0737. The van der Waals surface area contributed by atoms with Crippen LogP contribution in [0.5, 0.6) is 0 Å². The predicted octanol–water partition coefficient (Wildman–Crippen LogP) is 4.63. The molecule has 0 aliphatic rings. The molecule has 0 aliphatic carbocycles. The van der Waals surface area contributed by atoms with Gasteiger partial charge in [-0.15, -0.1) is 5.10 Å². The number of nitrogens with one attached hydrogen (secondary N) is 1. The number of aromatic nitrogens is 4. The third-order valence-electron chi connectivity index (χ3n) is 5.26. The van der Waals surface area contributed by atoms with Crippen molar-refractivity contribution in [3.8, 4) is 0 Å². The van der Waals surface area contributed by atoms with Crippen LogP contribution < -0.4 is 5.32 Å². The van der Waals surface area contributed by atoms with Gasteiger partial charge >= 0.3 is 0 Å². The highest BCUT2D eigenvalue weighted by Gasteiger charge is 2.15. The number of aryl methyl sites for hydroxylation is 3. The molecule has 2 heterocycles. The van der Waals surface area contributed by atoms with E-state index < -0.39 is 0 Å². The topological polar surface area (TPSA) is 72.2 Å². The fourth-order valence-corrected chi connectivity index (χ4v) is 4.19. The van der Waals surface area contributed by atoms with Gasteiger partial charge in [-0.25, -0.2) is 9.50 Å². The number of carbonyl (C=O) groups is 1. The summed E-state index contributed by atoms with van der Waals surface area (Å²) in [7, 11) is 0. The minimum absolute atomic E-state index is 0.0737. The van der Waals surface area contributed by atoms with E-state index in [0.717, 1.165) is 41.0 Å². The number of hydrogen-bond acceptors (Lipinski definition) is 5. The molecule has 2 aromatic carbocycles. The molecule has 2 aromatic heterocycles. The van der Waals surface area contributed by atoms with Gasteiger partial charge in [0.1, 0.15) is 0 Å². The number of amides is 1. The molecule has 0 saturated heterocycles. The molecule has 1 amide bonds. The molecule has 0 fully saturated rings. The maximum atomic E-state index is 12.4. The van der Waals surface area contributed by atoms with Gasteiger partial charge in [-0.05, 0) is 43.0 Å². The molecule has 6 nitrogen and oxygen atoms in total. The van der Waals surface area contributed by atoms with Gasteiger partial charge in [-0.1, -0.05) is 67.2 Å². The van der Waals surface area contributed by atoms with E-state index in [2.05, 4.69) is 39.4 Å². The van der Waals surface area contributed by atoms with Crippen LogP contribution in [0.2, 0.25) is 0 Å². The normalized spacial score (nSPS) is 11.1. The molecule has 0 aliphatic heterocycles. The fraction of sp³-hybridized carbons (Fsp3) is 0.250. The van der Waals surface area contributed by atoms with E-state index in [1.807, 2.05) is 56.3 Å². The van der Waals surface area contributed by atoms with Crippen LogP contribution in [0, 0.1) is 13.8 Å². The second-order valence-corrected chi connectivity index (χ2v) is 8.32. The van der Waals surface area contributed by atoms with Gasteiger partial charge in [0.25, 0.3) is 5.78 Å². The molecular formula is C24H25N5OS. The van der Waals surface area contributed by atoms with Gasteiger partial charge in [0.15, 0.2) is 0 Å². The Balaban J connectivity index is 1.49. The van der Waals surface area contributed by atoms with Gasteiger partial charge in [-0.3, -0.25) is 4.79 Å². The highest BCUT2D eigenvalue weighted by atomic mass is 32.2. The first kappa shape index (κ1) is 21.1. The van der Waals surface area contributed by atoms with Crippen LogP contribution in [0.3, 0.4) is 0 Å². The van der Waals surface area contributed by atoms with Gasteiger partial charge in [0.2, 0.25) is 11.1 Å². The highest BCUT2D eigenvalue weighted by molar-refractivity contribution is 7.99. The number of thioether (sulfide) groups is 1. The molecule has 0 spiro atoms. The highest BCUT2D eigenvalue weighted by Crippen LogP contribution is 2.21. The molecule has 0 saturated carbocycles. The van der Waals surface area contributed by atoms with Crippen LogP contribution in [0.4, 0.5) is 5.69 Å². The quantitative estimate of drug-likeness (QED) is 0.432. The average molecular weight is 432 g/mol. The van der Waals surface area contributed by atoms with E-state index in [0.29, 0.717) is 10.9 Å². The van der Waals surface area contributed by atoms with E-state index in [1.54, 1.807) is 4.52 Å². The zero-order valence-corrected chi connectivity index (χ0v) is 18.7. The summed E-state index contributed by atoms with van der Waals surface area (Å²) < 4.78 is 1.78. The van der Waals surface area contributed by atoms with Crippen LogP contribution in [-0.4, -0.2) is 31.2 Å². The Labute approximate surface area is 186 Å². The van der Waals surface area contributed by atoms with E-state index in [4.69, 9.17) is 0 Å². The van der Waals surface area contributed by atoms with Crippen molar-refractivity contribution in [3.63, 3.8) is 0 Å². The van der Waals surface area contributed by atoms with Gasteiger partial charge in [0, 0.05) is 23.5 Å². The zero-order chi connectivity index (χ0) is 21.8. The summed E-state index contributed by atoms with van der Waals surface area (Å²) in [6.45, 7) is 6.12. The van der Waals surface area contributed by atoms with Crippen molar-refractivity contribution in [3.05, 3.63) is 82.7 Å². The lowest BCUT2D eigenvalue weighted by atomic mass is 10.0. The molecule has 1 N–H and O–H groups in total. The molecule has 4 aromatic rings. The summed E-state index contributed by atoms with van der Waals surface area (Å²) in [5.74, 6) is 0.727. The first-order valence-electron chi connectivity index (χ1n) is 10.3. The van der Waals surface area contributed by atoms with E-state index in [-0.39, 0.29) is 11.7 Å². The van der Waals surface area contributed by atoms with Crippen LogP contribution in [-0.2, 0) is 17.6 Å². The van der Waals surface area contributed by atoms with Crippen LogP contribution in [0.1, 0.15) is 35.0 Å². The number of nitrogens with zero attached hydrogens (tertiary/aromatic N) is 4. The Morgan fingerprint density at radius 3 is 2.55 bits per heavy atom. The molecule has 0 atom stereocenters. The first-order chi connectivity index (χ1) is 15.0. The molecule has 0 bridgehead atoms. The van der Waals surface area contributed by atoms with Crippen LogP contribution in [0.15, 0.2) is 59.8 Å². The SMILES string of the molecule is CCc1ccccc1NC(=O)CSc1nc2nc(C)c(Cc3ccccc3)c(C)n2n1. The molecule has 4 rings (SSSR count). The summed E-state index contributed by atoms with van der Waals surface area (Å²) in [5.41, 5.74) is 6.33. The summed E-state index contributed by atoms with van der Waals surface area (Å²) in [6, 6.07) is 18.2. The van der Waals surface area contributed by atoms with Crippen LogP contribution >= 0.6 is 11.8 Å². The monoisotopic (exact) mass is 431 g/mol. The zero-order valence-electron chi connectivity index (χ0n) is 17.9. The van der Waals surface area contributed by atoms with E-state index in [9.17, 15) is 4.79 Å². The third kappa shape index (κ3) is 4.77. The Kier molecular flexibility index (Phi) is 6.32. The lowest BCUT2D eigenvalue weighted by Crippen LogP contribution is -2.15. The number of para-hydroxylation sites is 1. The fourth-order valence-electron chi connectivity index (χ4n) is 3.57. The number of benzene rings is 2. The van der Waals surface area contributed by atoms with Crippen molar-refractivity contribution in [2.75, 3.05) is 11.1 Å². The summed E-state index contributed by atoms with van der Waals surface area (Å²) in [5, 5.41) is 8.13. The number of rotatable bonds is 7. The van der Waals surface area contributed by atoms with Crippen molar-refractivity contribution in [1.82, 2.24) is 19.6 Å². The summed E-state index contributed by atoms with van der Waals surface area (Å²) in [4.78, 5) is 21.6. The lowest BCUT2D eigenvalue weighted by Gasteiger charge is -2.10. The Morgan fingerprint density at radius 1 is 1.03 bits per heavy atom. The number of hydrogen-bond donors (Lipinski definition) is 1. The predicted molar refractivity (Wildman–Crippen MR) is 125 cm³/mol. The Bertz CT molecular complexity index is 1220. The second kappa shape index (κ2) is 9.31. The van der Waals surface area contributed by atoms with Crippen molar-refractivity contribution >= 4 is 29.1 Å². The van der Waals surface area contributed by atoms with E-state index in [1.165, 1.54) is 17.3 Å². The summed E-state index contributed by atoms with van der Waals surface area (Å²) in [6.07, 6.45) is 1.66. The maximum absolute atomic E-state index is 12.4. The Morgan fingerprint density at radius 2 is 1.77 bits per heavy atom. The molecule has 158 valence electrons. The van der Waals surface area contributed by atoms with Gasteiger partial charge < -0.3 is 5.32 Å². The molecular weight excluding hydrogens is 406 g/mol. The van der Waals surface area contributed by atoms with Crippen molar-refractivity contribution < 1.29 is 4.79 Å². The van der Waals surface area contributed by atoms with Crippen LogP contribution in [0.25, 0.3) is 5.78 Å². The minimum Gasteiger partial charge on any atom is -0.325 e. The molecule has 0 unspecified atom stereocenters. The number of carbonyl (C=O) groups excluding carboxylic acids is 1. The van der Waals surface area contributed by atoms with Crippen molar-refractivity contribution in [2.24, 2.45) is 0 Å². The average Bonchev–Trinajstić information content (AvgIpc) is 3.19. The van der Waals surface area contributed by atoms with Gasteiger partial charge in [0.05, 0.1) is 5.75 Å². The largest absolute Gasteiger partial charge is 0.325 e. The standard InChI is InChI=1S/C24H25N5OS/c1-4-19-12-8-9-13-21(19)26-22(30)15-31-24-27-23-25-16(2)20(17(3)29(23)28-24)14-18-10-6-5-7-11-18/h5-13H,4,14-15H2,1-3H3,(H,26,30). The first-order valence-corrected chi connectivity index (χ1v) is 11.3. The van der Waals surface area contributed by atoms with Gasteiger partial charge in [-0.2, -0.15) is 4.98 Å². The van der Waals surface area contributed by atoms with Crippen molar-refractivity contribution in [1.29, 1.82) is 0 Å². The van der Waals surface area contributed by atoms with E-state index >= 15 is 0 Å². The molecule has 0 radical (unpaired) electrons. The number of fused-ring (bicyclic) bond motifs is 1. The Hall–Kier alpha value is -3.19. The molecule has 7 heteroatoms. The second-order valence-electron chi connectivity index (χ2n) is 7.38. The third-order valence-corrected chi connectivity index (χ3v) is 6.10. The number of anilines is 1.